The summed E-state index contributed by atoms with van der Waals surface area (Å²) >= 11 is 0. The van der Waals surface area contributed by atoms with Gasteiger partial charge in [0, 0.05) is 26.1 Å². The van der Waals surface area contributed by atoms with Gasteiger partial charge < -0.3 is 15.2 Å². The molecule has 1 rings (SSSR count). The number of carbonyl (C=O) groups is 1. The summed E-state index contributed by atoms with van der Waals surface area (Å²) in [5, 5.41) is 12.0. The van der Waals surface area contributed by atoms with Crippen LogP contribution in [0.15, 0.2) is 24.3 Å². The van der Waals surface area contributed by atoms with E-state index in [1.165, 1.54) is 5.56 Å². The molecule has 0 bridgehead atoms. The third-order valence-electron chi connectivity index (χ3n) is 2.85. The number of hydrogen-bond donors (Lipinski definition) is 2. The molecule has 1 unspecified atom stereocenters. The Kier molecular flexibility index (Phi) is 6.39. The Morgan fingerprint density at radius 3 is 2.67 bits per heavy atom. The molecule has 1 aromatic rings. The van der Waals surface area contributed by atoms with Crippen molar-refractivity contribution in [1.82, 2.24) is 5.32 Å². The lowest BCUT2D eigenvalue weighted by atomic mass is 10.1. The van der Waals surface area contributed by atoms with Crippen LogP contribution in [0, 0.1) is 0 Å². The van der Waals surface area contributed by atoms with Gasteiger partial charge in [-0.05, 0) is 24.5 Å². The minimum atomic E-state index is -0.747. The Balaban J connectivity index is 2.44. The molecule has 0 saturated heterocycles. The summed E-state index contributed by atoms with van der Waals surface area (Å²) in [6, 6.07) is 8.29. The van der Waals surface area contributed by atoms with Crippen molar-refractivity contribution in [3.63, 3.8) is 0 Å². The fourth-order valence-corrected chi connectivity index (χ4v) is 1.75. The molecule has 4 nitrogen and oxygen atoms in total. The van der Waals surface area contributed by atoms with E-state index < -0.39 is 5.97 Å². The number of hydrogen-bond acceptors (Lipinski definition) is 3. The van der Waals surface area contributed by atoms with Crippen molar-refractivity contribution in [3.05, 3.63) is 35.4 Å². The Morgan fingerprint density at radius 2 is 2.06 bits per heavy atom. The van der Waals surface area contributed by atoms with Crippen molar-refractivity contribution in [1.29, 1.82) is 0 Å². The van der Waals surface area contributed by atoms with Gasteiger partial charge in [0.1, 0.15) is 0 Å². The molecule has 1 atom stereocenters. The number of benzene rings is 1. The lowest BCUT2D eigenvalue weighted by Gasteiger charge is -2.14. The fraction of sp³-hybridized carbons (Fsp3) is 0.500. The molecular weight excluding hydrogens is 230 g/mol. The predicted octanol–water partition coefficient (Wildman–Crippen LogP) is 2.18. The lowest BCUT2D eigenvalue weighted by molar-refractivity contribution is -0.137. The number of methoxy groups -OCH3 is 1. The van der Waals surface area contributed by atoms with Crippen molar-refractivity contribution < 1.29 is 14.6 Å². The number of ether oxygens (including phenoxy) is 1. The second kappa shape index (κ2) is 7.84. The van der Waals surface area contributed by atoms with Gasteiger partial charge in [0.2, 0.25) is 0 Å². The van der Waals surface area contributed by atoms with Gasteiger partial charge in [0.15, 0.2) is 0 Å². The summed E-state index contributed by atoms with van der Waals surface area (Å²) < 4.78 is 5.15. The highest BCUT2D eigenvalue weighted by Gasteiger charge is 2.06. The van der Waals surface area contributed by atoms with Gasteiger partial charge in [-0.2, -0.15) is 0 Å². The molecule has 0 spiro atoms. The largest absolute Gasteiger partial charge is 0.481 e. The average molecular weight is 251 g/mol. The molecule has 0 aliphatic heterocycles. The van der Waals surface area contributed by atoms with Crippen LogP contribution in [0.1, 0.15) is 30.9 Å². The zero-order chi connectivity index (χ0) is 13.4. The molecule has 0 aliphatic carbocycles. The van der Waals surface area contributed by atoms with Crippen LogP contribution in [-0.4, -0.2) is 24.2 Å². The van der Waals surface area contributed by atoms with Crippen LogP contribution in [-0.2, 0) is 22.7 Å². The van der Waals surface area contributed by atoms with Crippen molar-refractivity contribution in [2.45, 2.75) is 39.0 Å². The first-order valence-corrected chi connectivity index (χ1v) is 6.14. The third kappa shape index (κ3) is 5.29. The predicted molar refractivity (Wildman–Crippen MR) is 70.3 cm³/mol. The Labute approximate surface area is 108 Å². The Hall–Kier alpha value is -1.39. The summed E-state index contributed by atoms with van der Waals surface area (Å²) in [5.41, 5.74) is 2.36. The maximum Gasteiger partial charge on any atom is 0.303 e. The maximum absolute atomic E-state index is 10.5. The van der Waals surface area contributed by atoms with E-state index in [1.54, 1.807) is 7.11 Å². The molecular formula is C14H21NO3. The zero-order valence-electron chi connectivity index (χ0n) is 11.0. The maximum atomic E-state index is 10.5. The molecule has 0 fully saturated rings. The monoisotopic (exact) mass is 251 g/mol. The zero-order valence-corrected chi connectivity index (χ0v) is 11.0. The molecule has 0 heterocycles. The number of nitrogens with one attached hydrogen (secondary N) is 1. The molecule has 0 aromatic heterocycles. The molecule has 0 amide bonds. The van der Waals surface area contributed by atoms with Crippen molar-refractivity contribution >= 4 is 5.97 Å². The van der Waals surface area contributed by atoms with Crippen molar-refractivity contribution in [2.75, 3.05) is 7.11 Å². The van der Waals surface area contributed by atoms with Gasteiger partial charge in [-0.1, -0.05) is 24.3 Å². The highest BCUT2D eigenvalue weighted by atomic mass is 16.5. The molecule has 18 heavy (non-hydrogen) atoms. The van der Waals surface area contributed by atoms with E-state index in [0.717, 1.165) is 12.1 Å². The number of carboxylic acids is 1. The van der Waals surface area contributed by atoms with Gasteiger partial charge in [-0.15, -0.1) is 0 Å². The van der Waals surface area contributed by atoms with E-state index in [0.29, 0.717) is 13.0 Å². The Bertz CT molecular complexity index is 379. The van der Waals surface area contributed by atoms with E-state index in [2.05, 4.69) is 11.4 Å². The SMILES string of the molecule is COCc1ccccc1CNC(C)CCC(=O)O. The van der Waals surface area contributed by atoms with E-state index >= 15 is 0 Å². The van der Waals surface area contributed by atoms with Crippen LogP contribution in [0.2, 0.25) is 0 Å². The lowest BCUT2D eigenvalue weighted by Crippen LogP contribution is -2.26. The highest BCUT2D eigenvalue weighted by molar-refractivity contribution is 5.66. The van der Waals surface area contributed by atoms with E-state index in [9.17, 15) is 4.79 Å². The summed E-state index contributed by atoms with van der Waals surface area (Å²) in [4.78, 5) is 10.5. The molecule has 0 aliphatic rings. The van der Waals surface area contributed by atoms with Crippen LogP contribution < -0.4 is 5.32 Å². The number of aliphatic carboxylic acids is 1. The van der Waals surface area contributed by atoms with E-state index in [1.807, 2.05) is 25.1 Å². The summed E-state index contributed by atoms with van der Waals surface area (Å²) in [6.45, 7) is 3.34. The first kappa shape index (κ1) is 14.7. The number of rotatable bonds is 8. The average Bonchev–Trinajstić information content (AvgIpc) is 2.35. The van der Waals surface area contributed by atoms with Gasteiger partial charge in [-0.3, -0.25) is 4.79 Å². The second-order valence-electron chi connectivity index (χ2n) is 4.42. The van der Waals surface area contributed by atoms with Gasteiger partial charge in [0.05, 0.1) is 6.61 Å². The first-order valence-electron chi connectivity index (χ1n) is 6.14. The minimum Gasteiger partial charge on any atom is -0.481 e. The summed E-state index contributed by atoms with van der Waals surface area (Å²) in [7, 11) is 1.68. The normalized spacial score (nSPS) is 12.3. The van der Waals surface area contributed by atoms with Gasteiger partial charge in [0.25, 0.3) is 0 Å². The topological polar surface area (TPSA) is 58.6 Å². The van der Waals surface area contributed by atoms with Crippen molar-refractivity contribution in [2.24, 2.45) is 0 Å². The molecule has 100 valence electrons. The summed E-state index contributed by atoms with van der Waals surface area (Å²) in [6.07, 6.45) is 0.843. The molecule has 2 N–H and O–H groups in total. The van der Waals surface area contributed by atoms with Crippen LogP contribution in [0.4, 0.5) is 0 Å². The Morgan fingerprint density at radius 1 is 1.39 bits per heavy atom. The van der Waals surface area contributed by atoms with Crippen LogP contribution in [0.5, 0.6) is 0 Å². The quantitative estimate of drug-likeness (QED) is 0.743. The third-order valence-corrected chi connectivity index (χ3v) is 2.85. The van der Waals surface area contributed by atoms with E-state index in [4.69, 9.17) is 9.84 Å². The first-order chi connectivity index (χ1) is 8.63. The van der Waals surface area contributed by atoms with Crippen molar-refractivity contribution in [3.8, 4) is 0 Å². The standard InChI is InChI=1S/C14H21NO3/c1-11(7-8-14(16)17)15-9-12-5-3-4-6-13(12)10-18-2/h3-6,11,15H,7-10H2,1-2H3,(H,16,17). The van der Waals surface area contributed by atoms with Crippen LogP contribution >= 0.6 is 0 Å². The minimum absolute atomic E-state index is 0.191. The molecule has 0 saturated carbocycles. The molecule has 0 radical (unpaired) electrons. The van der Waals surface area contributed by atoms with Crippen LogP contribution in [0.3, 0.4) is 0 Å². The summed E-state index contributed by atoms with van der Waals surface area (Å²) in [5.74, 6) is -0.747. The highest BCUT2D eigenvalue weighted by Crippen LogP contribution is 2.10. The van der Waals surface area contributed by atoms with Gasteiger partial charge in [-0.25, -0.2) is 0 Å². The van der Waals surface area contributed by atoms with Crippen LogP contribution in [0.25, 0.3) is 0 Å². The number of carboxylic acid groups (broad SMARTS) is 1. The second-order valence-corrected chi connectivity index (χ2v) is 4.42. The molecule has 4 heteroatoms. The fourth-order valence-electron chi connectivity index (χ4n) is 1.75. The molecule has 1 aromatic carbocycles. The van der Waals surface area contributed by atoms with E-state index in [-0.39, 0.29) is 12.5 Å². The van der Waals surface area contributed by atoms with Gasteiger partial charge >= 0.3 is 5.97 Å². The smallest absolute Gasteiger partial charge is 0.303 e.